The minimum Gasteiger partial charge on any atom is -0.207 e. The van der Waals surface area contributed by atoms with Crippen LogP contribution in [0.5, 0.6) is 0 Å². The molecule has 6 heteroatoms. The molecule has 3 nitrogen and oxygen atoms in total. The minimum atomic E-state index is -3.87. The van der Waals surface area contributed by atoms with E-state index in [1.165, 1.54) is 6.07 Å². The molecule has 15 heavy (non-hydrogen) atoms. The van der Waals surface area contributed by atoms with Crippen LogP contribution in [0.4, 0.5) is 0 Å². The van der Waals surface area contributed by atoms with Gasteiger partial charge in [0, 0.05) is 15.2 Å². The van der Waals surface area contributed by atoms with Crippen LogP contribution < -0.4 is 0 Å². The average molecular weight is 309 g/mol. The molecule has 0 N–H and O–H groups in total. The molecule has 0 aliphatic heterocycles. The Morgan fingerprint density at radius 2 is 2.13 bits per heavy atom. The van der Waals surface area contributed by atoms with Crippen LogP contribution in [-0.2, 0) is 15.5 Å². The predicted octanol–water partition coefficient (Wildman–Crippen LogP) is 2.81. The first kappa shape index (κ1) is 12.5. The molecule has 0 aliphatic carbocycles. The summed E-state index contributed by atoms with van der Waals surface area (Å²) in [6.45, 7) is 1.84. The van der Waals surface area contributed by atoms with Gasteiger partial charge in [0.15, 0.2) is 0 Å². The molecule has 0 fully saturated rings. The van der Waals surface area contributed by atoms with Gasteiger partial charge < -0.3 is 0 Å². The summed E-state index contributed by atoms with van der Waals surface area (Å²) < 4.78 is 23.1. The van der Waals surface area contributed by atoms with Crippen molar-refractivity contribution in [3.8, 4) is 6.07 Å². The second-order valence-electron chi connectivity index (χ2n) is 2.80. The van der Waals surface area contributed by atoms with Crippen molar-refractivity contribution in [3.05, 3.63) is 27.7 Å². The second kappa shape index (κ2) is 4.52. The Kier molecular flexibility index (Phi) is 3.77. The summed E-state index contributed by atoms with van der Waals surface area (Å²) in [6, 6.07) is 4.77. The van der Waals surface area contributed by atoms with Gasteiger partial charge in [0.05, 0.1) is 5.56 Å². The van der Waals surface area contributed by atoms with Crippen molar-refractivity contribution in [2.24, 2.45) is 0 Å². The number of halogens is 2. The first-order chi connectivity index (χ1) is 6.91. The molecule has 1 aromatic carbocycles. The number of hydrogen-bond acceptors (Lipinski definition) is 3. The third-order valence-electron chi connectivity index (χ3n) is 1.95. The lowest BCUT2D eigenvalue weighted by Gasteiger charge is -2.07. The lowest BCUT2D eigenvalue weighted by molar-refractivity contribution is 0.609. The maximum atomic E-state index is 11.2. The summed E-state index contributed by atoms with van der Waals surface area (Å²) in [6.07, 6.45) is 0.559. The number of rotatable bonds is 2. The SMILES string of the molecule is CCc1c(Br)ccc(S(=O)(=O)Cl)c1C#N. The second-order valence-corrected chi connectivity index (χ2v) is 6.19. The molecule has 0 saturated heterocycles. The molecule has 0 bridgehead atoms. The molecule has 0 spiro atoms. The lowest BCUT2D eigenvalue weighted by atomic mass is 10.1. The fraction of sp³-hybridized carbons (Fsp3) is 0.222. The van der Waals surface area contributed by atoms with Gasteiger partial charge in [-0.15, -0.1) is 0 Å². The molecule has 0 unspecified atom stereocenters. The van der Waals surface area contributed by atoms with Crippen molar-refractivity contribution in [3.63, 3.8) is 0 Å². The summed E-state index contributed by atoms with van der Waals surface area (Å²) in [5.74, 6) is 0. The van der Waals surface area contributed by atoms with E-state index in [0.717, 1.165) is 0 Å². The Morgan fingerprint density at radius 3 is 2.53 bits per heavy atom. The molecule has 0 heterocycles. The van der Waals surface area contributed by atoms with Gasteiger partial charge in [-0.2, -0.15) is 5.26 Å². The van der Waals surface area contributed by atoms with E-state index < -0.39 is 9.05 Å². The molecule has 0 radical (unpaired) electrons. The van der Waals surface area contributed by atoms with Crippen LogP contribution in [-0.4, -0.2) is 8.42 Å². The summed E-state index contributed by atoms with van der Waals surface area (Å²) in [5.41, 5.74) is 0.765. The topological polar surface area (TPSA) is 57.9 Å². The third kappa shape index (κ3) is 2.51. The van der Waals surface area contributed by atoms with Gasteiger partial charge in [-0.3, -0.25) is 0 Å². The van der Waals surface area contributed by atoms with Gasteiger partial charge in [0.25, 0.3) is 9.05 Å². The molecular weight excluding hydrogens is 302 g/mol. The maximum absolute atomic E-state index is 11.2. The van der Waals surface area contributed by atoms with Crippen molar-refractivity contribution in [2.75, 3.05) is 0 Å². The van der Waals surface area contributed by atoms with Gasteiger partial charge in [0.1, 0.15) is 11.0 Å². The number of benzene rings is 1. The highest BCUT2D eigenvalue weighted by atomic mass is 79.9. The van der Waals surface area contributed by atoms with Crippen molar-refractivity contribution >= 4 is 35.7 Å². The van der Waals surface area contributed by atoms with E-state index in [1.54, 1.807) is 6.07 Å². The Labute approximate surface area is 101 Å². The van der Waals surface area contributed by atoms with Crippen molar-refractivity contribution in [2.45, 2.75) is 18.2 Å². The van der Waals surface area contributed by atoms with Crippen LogP contribution in [0.1, 0.15) is 18.1 Å². The largest absolute Gasteiger partial charge is 0.262 e. The highest BCUT2D eigenvalue weighted by molar-refractivity contribution is 9.10. The monoisotopic (exact) mass is 307 g/mol. The fourth-order valence-corrected chi connectivity index (χ4v) is 2.91. The zero-order valence-electron chi connectivity index (χ0n) is 7.79. The van der Waals surface area contributed by atoms with Crippen LogP contribution in [0.2, 0.25) is 0 Å². The Balaban J connectivity index is 3.66. The molecule has 0 aromatic heterocycles. The minimum absolute atomic E-state index is 0.113. The van der Waals surface area contributed by atoms with Crippen LogP contribution >= 0.6 is 26.6 Å². The lowest BCUT2D eigenvalue weighted by Crippen LogP contribution is -2.00. The zero-order chi connectivity index (χ0) is 11.6. The Hall–Kier alpha value is -0.570. The summed E-state index contributed by atoms with van der Waals surface area (Å²) in [4.78, 5) is -0.133. The quantitative estimate of drug-likeness (QED) is 0.789. The van der Waals surface area contributed by atoms with Gasteiger partial charge in [0.2, 0.25) is 0 Å². The molecule has 0 aliphatic rings. The zero-order valence-corrected chi connectivity index (χ0v) is 10.9. The summed E-state index contributed by atoms with van der Waals surface area (Å²) in [7, 11) is 1.36. The normalized spacial score (nSPS) is 11.1. The van der Waals surface area contributed by atoms with E-state index in [2.05, 4.69) is 15.9 Å². The Bertz CT molecular complexity index is 534. The van der Waals surface area contributed by atoms with E-state index >= 15 is 0 Å². The fourth-order valence-electron chi connectivity index (χ4n) is 1.27. The standard InChI is InChI=1S/C9H7BrClNO2S/c1-2-6-7(5-12)9(15(11,13)14)4-3-8(6)10/h3-4H,2H2,1H3. The molecule has 0 saturated carbocycles. The maximum Gasteiger partial charge on any atom is 0.262 e. The van der Waals surface area contributed by atoms with Crippen LogP contribution in [0, 0.1) is 11.3 Å². The highest BCUT2D eigenvalue weighted by Gasteiger charge is 2.19. The first-order valence-electron chi connectivity index (χ1n) is 4.08. The highest BCUT2D eigenvalue weighted by Crippen LogP contribution is 2.28. The van der Waals surface area contributed by atoms with Crippen LogP contribution in [0.3, 0.4) is 0 Å². The molecule has 0 amide bonds. The number of nitriles is 1. The van der Waals surface area contributed by atoms with Gasteiger partial charge >= 0.3 is 0 Å². The van der Waals surface area contributed by atoms with Crippen molar-refractivity contribution in [1.82, 2.24) is 0 Å². The van der Waals surface area contributed by atoms with E-state index in [-0.39, 0.29) is 10.5 Å². The number of nitrogens with zero attached hydrogens (tertiary/aromatic N) is 1. The molecule has 80 valence electrons. The van der Waals surface area contributed by atoms with Gasteiger partial charge in [-0.25, -0.2) is 8.42 Å². The van der Waals surface area contributed by atoms with Crippen molar-refractivity contribution in [1.29, 1.82) is 5.26 Å². The average Bonchev–Trinajstić information content (AvgIpc) is 2.15. The summed E-state index contributed by atoms with van der Waals surface area (Å²) >= 11 is 3.26. The molecule has 1 aromatic rings. The van der Waals surface area contributed by atoms with Gasteiger partial charge in [-0.05, 0) is 24.1 Å². The number of hydrogen-bond donors (Lipinski definition) is 0. The van der Waals surface area contributed by atoms with Crippen LogP contribution in [0.15, 0.2) is 21.5 Å². The van der Waals surface area contributed by atoms with Crippen LogP contribution in [0.25, 0.3) is 0 Å². The molecular formula is C9H7BrClNO2S. The third-order valence-corrected chi connectivity index (χ3v) is 4.05. The van der Waals surface area contributed by atoms with E-state index in [4.69, 9.17) is 15.9 Å². The Morgan fingerprint density at radius 1 is 1.53 bits per heavy atom. The van der Waals surface area contributed by atoms with E-state index in [9.17, 15) is 8.42 Å². The molecule has 0 atom stereocenters. The van der Waals surface area contributed by atoms with Crippen molar-refractivity contribution < 1.29 is 8.42 Å². The predicted molar refractivity (Wildman–Crippen MR) is 61.3 cm³/mol. The van der Waals surface area contributed by atoms with Gasteiger partial charge in [-0.1, -0.05) is 22.9 Å². The van der Waals surface area contributed by atoms with E-state index in [0.29, 0.717) is 16.5 Å². The van der Waals surface area contributed by atoms with E-state index in [1.807, 2.05) is 13.0 Å². The molecule has 1 rings (SSSR count). The first-order valence-corrected chi connectivity index (χ1v) is 7.18. The smallest absolute Gasteiger partial charge is 0.207 e. The summed E-state index contributed by atoms with van der Waals surface area (Å²) in [5, 5.41) is 8.92.